The van der Waals surface area contributed by atoms with Gasteiger partial charge in [-0.15, -0.1) is 0 Å². The highest BCUT2D eigenvalue weighted by molar-refractivity contribution is 5.96. The Kier molecular flexibility index (Phi) is 4.91. The highest BCUT2D eigenvalue weighted by Gasteiger charge is 2.33. The summed E-state index contributed by atoms with van der Waals surface area (Å²) in [7, 11) is 3.33. The standard InChI is InChI=1S/C15H19F3N4O2/c1-4-21-9-22(8-13(21)23)14(24)19-11-7-10(15(16,17)18)5-6-12(11)20(2)3/h5-7H,4,8-9H2,1-3H3,(H,19,24). The monoisotopic (exact) mass is 344 g/mol. The van der Waals surface area contributed by atoms with Gasteiger partial charge in [0.2, 0.25) is 5.91 Å². The lowest BCUT2D eigenvalue weighted by Crippen LogP contribution is -2.35. The van der Waals surface area contributed by atoms with Gasteiger partial charge in [0.25, 0.3) is 0 Å². The minimum Gasteiger partial charge on any atom is -0.376 e. The van der Waals surface area contributed by atoms with Crippen LogP contribution in [-0.4, -0.2) is 55.6 Å². The Labute approximate surface area is 137 Å². The van der Waals surface area contributed by atoms with Crippen molar-refractivity contribution in [3.8, 4) is 0 Å². The van der Waals surface area contributed by atoms with E-state index in [0.29, 0.717) is 12.2 Å². The molecule has 1 aliphatic rings. The van der Waals surface area contributed by atoms with Gasteiger partial charge in [-0.25, -0.2) is 4.79 Å². The first-order valence-electron chi connectivity index (χ1n) is 7.35. The highest BCUT2D eigenvalue weighted by atomic mass is 19.4. The first kappa shape index (κ1) is 17.9. The molecule has 0 unspecified atom stereocenters. The topological polar surface area (TPSA) is 55.9 Å². The Bertz CT molecular complexity index is 646. The number of halogens is 3. The number of anilines is 2. The minimum absolute atomic E-state index is 0.0437. The van der Waals surface area contributed by atoms with Crippen LogP contribution in [0, 0.1) is 0 Å². The maximum atomic E-state index is 12.9. The van der Waals surface area contributed by atoms with E-state index in [2.05, 4.69) is 5.32 Å². The van der Waals surface area contributed by atoms with E-state index >= 15 is 0 Å². The second kappa shape index (κ2) is 6.58. The molecular formula is C15H19F3N4O2. The molecule has 0 spiro atoms. The van der Waals surface area contributed by atoms with Gasteiger partial charge < -0.3 is 15.1 Å². The molecule has 3 amide bonds. The molecule has 0 saturated carbocycles. The van der Waals surface area contributed by atoms with Gasteiger partial charge in [0.1, 0.15) is 6.54 Å². The number of alkyl halides is 3. The van der Waals surface area contributed by atoms with Crippen molar-refractivity contribution < 1.29 is 22.8 Å². The third-order valence-electron chi connectivity index (χ3n) is 3.74. The molecule has 132 valence electrons. The number of benzene rings is 1. The molecule has 6 nitrogen and oxygen atoms in total. The van der Waals surface area contributed by atoms with Gasteiger partial charge in [-0.3, -0.25) is 9.69 Å². The molecule has 0 aliphatic carbocycles. The zero-order valence-electron chi connectivity index (χ0n) is 13.6. The third-order valence-corrected chi connectivity index (χ3v) is 3.74. The Morgan fingerprint density at radius 3 is 2.50 bits per heavy atom. The number of carbonyl (C=O) groups is 2. The number of carbonyl (C=O) groups excluding carboxylic acids is 2. The second-order valence-electron chi connectivity index (χ2n) is 5.64. The molecule has 1 aromatic carbocycles. The van der Waals surface area contributed by atoms with Crippen LogP contribution in [0.4, 0.5) is 29.3 Å². The lowest BCUT2D eigenvalue weighted by atomic mass is 10.1. The summed E-state index contributed by atoms with van der Waals surface area (Å²) in [5.74, 6) is -0.190. The van der Waals surface area contributed by atoms with E-state index in [1.165, 1.54) is 15.9 Å². The van der Waals surface area contributed by atoms with E-state index in [4.69, 9.17) is 0 Å². The van der Waals surface area contributed by atoms with Crippen molar-refractivity contribution in [2.75, 3.05) is 44.1 Å². The summed E-state index contributed by atoms with van der Waals surface area (Å²) in [5, 5.41) is 2.48. The molecule has 1 N–H and O–H groups in total. The lowest BCUT2D eigenvalue weighted by Gasteiger charge is -2.22. The average molecular weight is 344 g/mol. The second-order valence-corrected chi connectivity index (χ2v) is 5.64. The molecule has 0 aromatic heterocycles. The normalized spacial score (nSPS) is 15.0. The van der Waals surface area contributed by atoms with Crippen LogP contribution in [0.1, 0.15) is 12.5 Å². The molecule has 0 radical (unpaired) electrons. The average Bonchev–Trinajstić information content (AvgIpc) is 2.87. The SMILES string of the molecule is CCN1CN(C(=O)Nc2cc(C(F)(F)F)ccc2N(C)C)CC1=O. The van der Waals surface area contributed by atoms with E-state index < -0.39 is 17.8 Å². The third kappa shape index (κ3) is 3.72. The molecule has 24 heavy (non-hydrogen) atoms. The van der Waals surface area contributed by atoms with Crippen LogP contribution in [0.5, 0.6) is 0 Å². The fourth-order valence-corrected chi connectivity index (χ4v) is 2.41. The van der Waals surface area contributed by atoms with Crippen LogP contribution in [0.25, 0.3) is 0 Å². The van der Waals surface area contributed by atoms with Crippen molar-refractivity contribution in [2.24, 2.45) is 0 Å². The molecule has 2 rings (SSSR count). The van der Waals surface area contributed by atoms with Crippen molar-refractivity contribution in [2.45, 2.75) is 13.1 Å². The molecule has 0 bridgehead atoms. The number of nitrogens with one attached hydrogen (secondary N) is 1. The van der Waals surface area contributed by atoms with E-state index in [1.807, 2.05) is 0 Å². The number of nitrogens with zero attached hydrogens (tertiary/aromatic N) is 3. The van der Waals surface area contributed by atoms with Crippen LogP contribution in [0.3, 0.4) is 0 Å². The van der Waals surface area contributed by atoms with Crippen LogP contribution in [0.15, 0.2) is 18.2 Å². The summed E-state index contributed by atoms with van der Waals surface area (Å²) in [5.41, 5.74) is -0.368. The Balaban J connectivity index is 2.24. The largest absolute Gasteiger partial charge is 0.416 e. The summed E-state index contributed by atoms with van der Waals surface area (Å²) in [4.78, 5) is 28.3. The van der Waals surface area contributed by atoms with Gasteiger partial charge in [-0.05, 0) is 25.1 Å². The van der Waals surface area contributed by atoms with E-state index in [1.54, 1.807) is 25.9 Å². The summed E-state index contributed by atoms with van der Waals surface area (Å²) in [6.45, 7) is 2.29. The first-order valence-corrected chi connectivity index (χ1v) is 7.35. The smallest absolute Gasteiger partial charge is 0.376 e. The van der Waals surface area contributed by atoms with E-state index in [0.717, 1.165) is 12.1 Å². The molecule has 0 atom stereocenters. The molecule has 1 saturated heterocycles. The van der Waals surface area contributed by atoms with Crippen LogP contribution >= 0.6 is 0 Å². The number of hydrogen-bond donors (Lipinski definition) is 1. The van der Waals surface area contributed by atoms with Gasteiger partial charge in [0.15, 0.2) is 0 Å². The van der Waals surface area contributed by atoms with Crippen molar-refractivity contribution in [1.82, 2.24) is 9.80 Å². The fourth-order valence-electron chi connectivity index (χ4n) is 2.41. The summed E-state index contributed by atoms with van der Waals surface area (Å²) >= 11 is 0. The van der Waals surface area contributed by atoms with Gasteiger partial charge in [-0.2, -0.15) is 13.2 Å². The van der Waals surface area contributed by atoms with E-state index in [9.17, 15) is 22.8 Å². The molecule has 1 heterocycles. The Morgan fingerprint density at radius 1 is 1.33 bits per heavy atom. The number of urea groups is 1. The number of rotatable bonds is 3. The highest BCUT2D eigenvalue weighted by Crippen LogP contribution is 2.35. The van der Waals surface area contributed by atoms with Crippen molar-refractivity contribution >= 4 is 23.3 Å². The van der Waals surface area contributed by atoms with Gasteiger partial charge in [-0.1, -0.05) is 0 Å². The molecule has 9 heteroatoms. The number of amides is 3. The van der Waals surface area contributed by atoms with Gasteiger partial charge >= 0.3 is 12.2 Å². The van der Waals surface area contributed by atoms with Crippen LogP contribution in [0.2, 0.25) is 0 Å². The predicted octanol–water partition coefficient (Wildman–Crippen LogP) is 2.42. The minimum atomic E-state index is -4.51. The summed E-state index contributed by atoms with van der Waals surface area (Å²) < 4.78 is 38.7. The number of likely N-dealkylation sites (N-methyl/N-ethyl adjacent to an activating group) is 1. The fraction of sp³-hybridized carbons (Fsp3) is 0.467. The molecule has 1 aromatic rings. The quantitative estimate of drug-likeness (QED) is 0.916. The van der Waals surface area contributed by atoms with Crippen molar-refractivity contribution in [3.63, 3.8) is 0 Å². The number of hydrogen-bond acceptors (Lipinski definition) is 3. The van der Waals surface area contributed by atoms with Gasteiger partial charge in [0.05, 0.1) is 23.6 Å². The van der Waals surface area contributed by atoms with Crippen molar-refractivity contribution in [3.05, 3.63) is 23.8 Å². The summed E-state index contributed by atoms with van der Waals surface area (Å²) in [6.07, 6.45) is -4.51. The maximum absolute atomic E-state index is 12.9. The Hall–Kier alpha value is -2.45. The molecule has 1 aliphatic heterocycles. The molecule has 1 fully saturated rings. The maximum Gasteiger partial charge on any atom is 0.416 e. The van der Waals surface area contributed by atoms with Crippen molar-refractivity contribution in [1.29, 1.82) is 0 Å². The van der Waals surface area contributed by atoms with E-state index in [-0.39, 0.29) is 24.8 Å². The first-order chi connectivity index (χ1) is 11.1. The zero-order chi connectivity index (χ0) is 18.1. The predicted molar refractivity (Wildman–Crippen MR) is 83.7 cm³/mol. The van der Waals surface area contributed by atoms with Crippen LogP contribution < -0.4 is 10.2 Å². The molecular weight excluding hydrogens is 325 g/mol. The van der Waals surface area contributed by atoms with Crippen LogP contribution in [-0.2, 0) is 11.0 Å². The Morgan fingerprint density at radius 2 is 2.00 bits per heavy atom. The summed E-state index contributed by atoms with van der Waals surface area (Å²) in [6, 6.07) is 2.54. The zero-order valence-corrected chi connectivity index (χ0v) is 13.6. The van der Waals surface area contributed by atoms with Gasteiger partial charge in [0, 0.05) is 20.6 Å². The lowest BCUT2D eigenvalue weighted by molar-refractivity contribution is -0.137.